The molecule has 3 aliphatic rings. The topological polar surface area (TPSA) is 20.3 Å². The van der Waals surface area contributed by atoms with Crippen molar-refractivity contribution in [1.82, 2.24) is 4.90 Å². The van der Waals surface area contributed by atoms with Crippen molar-refractivity contribution in [3.8, 4) is 0 Å². The van der Waals surface area contributed by atoms with Crippen LogP contribution in [0.2, 0.25) is 0 Å². The summed E-state index contributed by atoms with van der Waals surface area (Å²) in [7, 11) is 2.23. The molecule has 2 aliphatic carbocycles. The molecule has 1 saturated heterocycles. The summed E-state index contributed by atoms with van der Waals surface area (Å²) < 4.78 is 0. The predicted molar refractivity (Wildman–Crippen MR) is 95.2 cm³/mol. The number of thioether (sulfide) groups is 1. The molecule has 22 heavy (non-hydrogen) atoms. The van der Waals surface area contributed by atoms with Crippen LogP contribution in [0.1, 0.15) is 77.0 Å². The zero-order valence-electron chi connectivity index (χ0n) is 14.3. The van der Waals surface area contributed by atoms with E-state index in [-0.39, 0.29) is 6.04 Å². The molecule has 3 fully saturated rings. The lowest BCUT2D eigenvalue weighted by Crippen LogP contribution is -2.43. The lowest BCUT2D eigenvalue weighted by Gasteiger charge is -2.31. The quantitative estimate of drug-likeness (QED) is 0.691. The summed E-state index contributed by atoms with van der Waals surface area (Å²) >= 11 is 2.08. The van der Waals surface area contributed by atoms with Crippen LogP contribution in [-0.4, -0.2) is 34.9 Å². The maximum absolute atomic E-state index is 13.0. The van der Waals surface area contributed by atoms with Crippen molar-refractivity contribution < 1.29 is 4.79 Å². The number of carbonyl (C=O) groups is 1. The van der Waals surface area contributed by atoms with Gasteiger partial charge in [-0.3, -0.25) is 9.69 Å². The molecule has 3 rings (SSSR count). The van der Waals surface area contributed by atoms with Gasteiger partial charge in [-0.1, -0.05) is 51.4 Å². The van der Waals surface area contributed by atoms with E-state index in [4.69, 9.17) is 0 Å². The maximum Gasteiger partial charge on any atom is 0.153 e. The minimum absolute atomic E-state index is 0.210. The Balaban J connectivity index is 1.59. The van der Waals surface area contributed by atoms with Crippen LogP contribution in [0.3, 0.4) is 0 Å². The van der Waals surface area contributed by atoms with Gasteiger partial charge in [0.15, 0.2) is 5.78 Å². The van der Waals surface area contributed by atoms with Gasteiger partial charge in [-0.2, -0.15) is 0 Å². The SMILES string of the molecule is CN1C(C(=O)C2CCCCCC2)CSC1C1CCCCCC1. The van der Waals surface area contributed by atoms with Gasteiger partial charge in [0, 0.05) is 11.7 Å². The van der Waals surface area contributed by atoms with E-state index in [1.807, 2.05) is 0 Å². The van der Waals surface area contributed by atoms with Crippen LogP contribution < -0.4 is 0 Å². The van der Waals surface area contributed by atoms with Crippen molar-refractivity contribution in [1.29, 1.82) is 0 Å². The molecule has 0 N–H and O–H groups in total. The number of carbonyl (C=O) groups excluding carboxylic acids is 1. The third kappa shape index (κ3) is 3.90. The van der Waals surface area contributed by atoms with E-state index in [9.17, 15) is 4.79 Å². The Labute approximate surface area is 140 Å². The van der Waals surface area contributed by atoms with Gasteiger partial charge in [0.2, 0.25) is 0 Å². The van der Waals surface area contributed by atoms with Gasteiger partial charge in [0.1, 0.15) is 0 Å². The highest BCUT2D eigenvalue weighted by molar-refractivity contribution is 8.00. The third-order valence-electron chi connectivity index (χ3n) is 6.21. The zero-order chi connectivity index (χ0) is 15.4. The second-order valence-electron chi connectivity index (χ2n) is 7.75. The Morgan fingerprint density at radius 3 is 2.00 bits per heavy atom. The molecule has 126 valence electrons. The average molecular weight is 324 g/mol. The smallest absolute Gasteiger partial charge is 0.153 e. The van der Waals surface area contributed by atoms with E-state index < -0.39 is 0 Å². The maximum atomic E-state index is 13.0. The predicted octanol–water partition coefficient (Wildman–Crippen LogP) is 4.87. The van der Waals surface area contributed by atoms with Gasteiger partial charge in [-0.15, -0.1) is 11.8 Å². The summed E-state index contributed by atoms with van der Waals surface area (Å²) in [5.74, 6) is 2.81. The van der Waals surface area contributed by atoms with E-state index in [0.717, 1.165) is 24.5 Å². The largest absolute Gasteiger partial charge is 0.298 e. The molecule has 3 heteroatoms. The van der Waals surface area contributed by atoms with Crippen LogP contribution in [0.25, 0.3) is 0 Å². The number of nitrogens with zero attached hydrogens (tertiary/aromatic N) is 1. The van der Waals surface area contributed by atoms with Crippen molar-refractivity contribution in [2.24, 2.45) is 11.8 Å². The van der Waals surface area contributed by atoms with Crippen LogP contribution in [0.15, 0.2) is 0 Å². The molecule has 0 aromatic heterocycles. The first-order valence-corrected chi connectivity index (χ1v) is 10.7. The summed E-state index contributed by atoms with van der Waals surface area (Å²) in [5.41, 5.74) is 0. The zero-order valence-corrected chi connectivity index (χ0v) is 15.1. The number of Topliss-reactive ketones (excluding diaryl/α,β-unsaturated/α-hetero) is 1. The van der Waals surface area contributed by atoms with Crippen LogP contribution in [0.4, 0.5) is 0 Å². The second-order valence-corrected chi connectivity index (χ2v) is 8.90. The molecule has 0 amide bonds. The van der Waals surface area contributed by atoms with Gasteiger partial charge in [-0.05, 0) is 38.6 Å². The summed E-state index contributed by atoms with van der Waals surface area (Å²) in [6, 6.07) is 0.210. The highest BCUT2D eigenvalue weighted by Crippen LogP contribution is 2.40. The number of rotatable bonds is 3. The molecule has 2 nitrogen and oxygen atoms in total. The van der Waals surface area contributed by atoms with Crippen LogP contribution in [-0.2, 0) is 4.79 Å². The molecule has 0 radical (unpaired) electrons. The highest BCUT2D eigenvalue weighted by Gasteiger charge is 2.41. The minimum atomic E-state index is 0.210. The van der Waals surface area contributed by atoms with Gasteiger partial charge in [-0.25, -0.2) is 0 Å². The first-order chi connectivity index (χ1) is 10.8. The Kier molecular flexibility index (Phi) is 6.26. The molecular formula is C19H33NOS. The molecule has 2 unspecified atom stereocenters. The minimum Gasteiger partial charge on any atom is -0.298 e. The highest BCUT2D eigenvalue weighted by atomic mass is 32.2. The number of ketones is 1. The molecule has 0 spiro atoms. The van der Waals surface area contributed by atoms with Gasteiger partial charge >= 0.3 is 0 Å². The van der Waals surface area contributed by atoms with E-state index in [0.29, 0.717) is 17.1 Å². The monoisotopic (exact) mass is 323 g/mol. The number of hydrogen-bond donors (Lipinski definition) is 0. The lowest BCUT2D eigenvalue weighted by molar-refractivity contribution is -0.127. The molecule has 1 aliphatic heterocycles. The van der Waals surface area contributed by atoms with E-state index in [1.54, 1.807) is 0 Å². The van der Waals surface area contributed by atoms with E-state index in [2.05, 4.69) is 23.7 Å². The lowest BCUT2D eigenvalue weighted by atomic mass is 9.90. The van der Waals surface area contributed by atoms with E-state index >= 15 is 0 Å². The van der Waals surface area contributed by atoms with Crippen molar-refractivity contribution in [3.05, 3.63) is 0 Å². The fourth-order valence-electron chi connectivity index (χ4n) is 4.79. The summed E-state index contributed by atoms with van der Waals surface area (Å²) in [4.78, 5) is 15.5. The average Bonchev–Trinajstić information content (AvgIpc) is 2.78. The molecule has 0 aromatic carbocycles. The van der Waals surface area contributed by atoms with Gasteiger partial charge in [0.05, 0.1) is 11.4 Å². The third-order valence-corrected chi connectivity index (χ3v) is 7.77. The van der Waals surface area contributed by atoms with Crippen LogP contribution >= 0.6 is 11.8 Å². The van der Waals surface area contributed by atoms with Crippen molar-refractivity contribution >= 4 is 17.5 Å². The summed E-state index contributed by atoms with van der Waals surface area (Å²) in [6.07, 6.45) is 15.9. The molecule has 0 aromatic rings. The number of likely N-dealkylation sites (N-methyl/N-ethyl adjacent to an activating group) is 1. The van der Waals surface area contributed by atoms with Crippen LogP contribution in [0.5, 0.6) is 0 Å². The Morgan fingerprint density at radius 1 is 0.864 bits per heavy atom. The van der Waals surface area contributed by atoms with Gasteiger partial charge < -0.3 is 0 Å². The second kappa shape index (κ2) is 8.19. The molecule has 2 atom stereocenters. The van der Waals surface area contributed by atoms with Gasteiger partial charge in [0.25, 0.3) is 0 Å². The molecular weight excluding hydrogens is 290 g/mol. The Bertz CT molecular complexity index is 356. The molecule has 1 heterocycles. The van der Waals surface area contributed by atoms with E-state index in [1.165, 1.54) is 64.2 Å². The van der Waals surface area contributed by atoms with Crippen molar-refractivity contribution in [2.75, 3.05) is 12.8 Å². The summed E-state index contributed by atoms with van der Waals surface area (Å²) in [6.45, 7) is 0. The molecule has 0 bridgehead atoms. The number of hydrogen-bond acceptors (Lipinski definition) is 3. The fourth-order valence-corrected chi connectivity index (χ4v) is 6.49. The molecule has 2 saturated carbocycles. The first-order valence-electron chi connectivity index (χ1n) is 9.64. The standard InChI is InChI=1S/C19H33NOS/c1-20-17(18(21)15-10-6-2-3-7-11-15)14-22-19(20)16-12-8-4-5-9-13-16/h15-17,19H,2-14H2,1H3. The summed E-state index contributed by atoms with van der Waals surface area (Å²) in [5, 5.41) is 0.609. The van der Waals surface area contributed by atoms with Crippen molar-refractivity contribution in [2.45, 2.75) is 88.5 Å². The Morgan fingerprint density at radius 2 is 1.41 bits per heavy atom. The Hall–Kier alpha value is -0.0200. The first kappa shape index (κ1) is 16.8. The normalized spacial score (nSPS) is 33.5. The fraction of sp³-hybridized carbons (Fsp3) is 0.947. The van der Waals surface area contributed by atoms with Crippen molar-refractivity contribution in [3.63, 3.8) is 0 Å². The van der Waals surface area contributed by atoms with Crippen LogP contribution in [0, 0.1) is 11.8 Å².